The summed E-state index contributed by atoms with van der Waals surface area (Å²) >= 11 is 0. The Hall–Kier alpha value is -3.69. The zero-order chi connectivity index (χ0) is 33.0. The number of hydrogen-bond donors (Lipinski definition) is 3. The predicted octanol–water partition coefficient (Wildman–Crippen LogP) is 7.44. The Balaban J connectivity index is 1.34. The smallest absolute Gasteiger partial charge is 0.310 e. The zero-order valence-corrected chi connectivity index (χ0v) is 24.7. The number of nitrogens with one attached hydrogen (secondary N) is 2. The molecule has 5 rings (SSSR count). The number of anilines is 1. The minimum absolute atomic E-state index is 0.0254. The molecule has 8 nitrogen and oxygen atoms in total. The number of carbonyl (C=O) groups is 3. The summed E-state index contributed by atoms with van der Waals surface area (Å²) in [7, 11) is -9.03. The van der Waals surface area contributed by atoms with Crippen molar-refractivity contribution in [1.82, 2.24) is 5.32 Å². The Kier molecular flexibility index (Phi) is 7.98. The summed E-state index contributed by atoms with van der Waals surface area (Å²) in [6, 6.07) is 1.40. The summed E-state index contributed by atoms with van der Waals surface area (Å²) in [6.07, 6.45) is 2.61. The minimum Gasteiger partial charge on any atom is -0.496 e. The highest BCUT2D eigenvalue weighted by atomic mass is 32.5. The third kappa shape index (κ3) is 7.10. The van der Waals surface area contributed by atoms with E-state index in [2.05, 4.69) is 10.6 Å². The van der Waals surface area contributed by atoms with Gasteiger partial charge in [0.1, 0.15) is 16.5 Å². The standard InChI is InChI=1S/C29H31F7N2O6S/c1-43-23-13-22(31)24(44-19-6-4-14(5-7-19)29(41)42)12-21(23)27(39)38-26-16-3-2-15(8-16)25(26)28(40)37-18-9-17(30)10-20(11-18)45(32,33,34,35)36/h9-16,19,25-26H,2-8H2,1H3,(H,37,40)(H,38,39)(H,41,42)/t14?,15-,16+,19?,25+,26-/m1/s1. The number of carbonyl (C=O) groups excluding carboxylic acids is 2. The summed E-state index contributed by atoms with van der Waals surface area (Å²) in [6.45, 7) is 0. The van der Waals surface area contributed by atoms with Crippen LogP contribution >= 0.6 is 10.2 Å². The quantitative estimate of drug-likeness (QED) is 0.240. The molecule has 0 saturated heterocycles. The van der Waals surface area contributed by atoms with Crippen LogP contribution < -0.4 is 20.1 Å². The first-order valence-corrected chi connectivity index (χ1v) is 16.2. The van der Waals surface area contributed by atoms with Crippen LogP contribution in [0.3, 0.4) is 0 Å². The molecule has 2 aromatic carbocycles. The number of carboxylic acids is 1. The molecule has 3 saturated carbocycles. The van der Waals surface area contributed by atoms with Crippen molar-refractivity contribution in [2.24, 2.45) is 23.7 Å². The Morgan fingerprint density at radius 3 is 2.16 bits per heavy atom. The van der Waals surface area contributed by atoms with E-state index in [9.17, 15) is 47.7 Å². The molecule has 3 aliphatic rings. The molecule has 0 radical (unpaired) electrons. The molecule has 3 N–H and O–H groups in total. The van der Waals surface area contributed by atoms with E-state index in [1.807, 2.05) is 0 Å². The molecule has 0 unspecified atom stereocenters. The van der Waals surface area contributed by atoms with Crippen LogP contribution in [0.1, 0.15) is 55.3 Å². The van der Waals surface area contributed by atoms with Gasteiger partial charge < -0.3 is 25.2 Å². The van der Waals surface area contributed by atoms with Crippen LogP contribution in [0.4, 0.5) is 33.9 Å². The fourth-order valence-electron chi connectivity index (χ4n) is 6.77. The van der Waals surface area contributed by atoms with Crippen LogP contribution in [-0.4, -0.2) is 42.1 Å². The van der Waals surface area contributed by atoms with E-state index in [1.165, 1.54) is 7.11 Å². The number of amides is 2. The van der Waals surface area contributed by atoms with Crippen LogP contribution in [0.25, 0.3) is 0 Å². The maximum absolute atomic E-state index is 14.9. The fourth-order valence-corrected chi connectivity index (χ4v) is 7.45. The Bertz CT molecular complexity index is 1530. The van der Waals surface area contributed by atoms with Gasteiger partial charge in [0, 0.05) is 17.8 Å². The van der Waals surface area contributed by atoms with Gasteiger partial charge in [-0.05, 0) is 81.0 Å². The normalized spacial score (nSPS) is 27.6. The Morgan fingerprint density at radius 1 is 0.867 bits per heavy atom. The second-order valence-corrected chi connectivity index (χ2v) is 14.3. The first-order valence-electron chi connectivity index (χ1n) is 14.3. The van der Waals surface area contributed by atoms with Gasteiger partial charge in [0.25, 0.3) is 5.91 Å². The molecule has 0 spiro atoms. The number of ether oxygens (including phenoxy) is 2. The summed E-state index contributed by atoms with van der Waals surface area (Å²) in [5, 5.41) is 14.1. The highest BCUT2D eigenvalue weighted by Crippen LogP contribution is 3.02. The molecular formula is C29H31F7N2O6S. The number of hydrogen-bond acceptors (Lipinski definition) is 5. The van der Waals surface area contributed by atoms with Gasteiger partial charge in [-0.1, -0.05) is 19.4 Å². The number of methoxy groups -OCH3 is 1. The number of carboxylic acid groups (broad SMARTS) is 1. The number of benzene rings is 2. The van der Waals surface area contributed by atoms with Crippen LogP contribution in [-0.2, 0) is 9.59 Å². The van der Waals surface area contributed by atoms with Gasteiger partial charge in [-0.15, -0.1) is 0 Å². The topological polar surface area (TPSA) is 114 Å². The number of halogens is 7. The van der Waals surface area contributed by atoms with Gasteiger partial charge in [-0.25, -0.2) is 8.78 Å². The molecule has 0 aromatic heterocycles. The number of aliphatic carboxylic acids is 1. The van der Waals surface area contributed by atoms with Gasteiger partial charge >= 0.3 is 16.2 Å². The largest absolute Gasteiger partial charge is 0.496 e. The Labute approximate surface area is 253 Å². The van der Waals surface area contributed by atoms with Gasteiger partial charge in [0.05, 0.1) is 30.6 Å². The van der Waals surface area contributed by atoms with Crippen molar-refractivity contribution >= 4 is 33.7 Å². The maximum Gasteiger partial charge on any atom is 0.310 e. The first-order chi connectivity index (χ1) is 20.8. The molecule has 2 amide bonds. The summed E-state index contributed by atoms with van der Waals surface area (Å²) in [5.41, 5.74) is -0.934. The highest BCUT2D eigenvalue weighted by molar-refractivity contribution is 8.45. The van der Waals surface area contributed by atoms with Gasteiger partial charge in [-0.2, -0.15) is 0 Å². The zero-order valence-electron chi connectivity index (χ0n) is 23.8. The maximum atomic E-state index is 14.9. The molecule has 248 valence electrons. The summed E-state index contributed by atoms with van der Waals surface area (Å²) in [5.74, 6) is -7.37. The summed E-state index contributed by atoms with van der Waals surface area (Å²) in [4.78, 5) is 35.5. The van der Waals surface area contributed by atoms with E-state index in [1.54, 1.807) is 0 Å². The van der Waals surface area contributed by atoms with Gasteiger partial charge in [0.15, 0.2) is 11.6 Å². The van der Waals surface area contributed by atoms with E-state index in [0.29, 0.717) is 51.0 Å². The van der Waals surface area contributed by atoms with Crippen LogP contribution in [0, 0.1) is 35.3 Å². The minimum atomic E-state index is -10.2. The lowest BCUT2D eigenvalue weighted by molar-refractivity contribution is -0.143. The average Bonchev–Trinajstić information content (AvgIpc) is 3.54. The molecule has 3 aliphatic carbocycles. The Morgan fingerprint density at radius 2 is 1.53 bits per heavy atom. The lowest BCUT2D eigenvalue weighted by atomic mass is 9.83. The van der Waals surface area contributed by atoms with Crippen molar-refractivity contribution in [3.05, 3.63) is 47.5 Å². The van der Waals surface area contributed by atoms with Crippen LogP contribution in [0.15, 0.2) is 35.2 Å². The first kappa shape index (κ1) is 32.7. The fraction of sp³-hybridized carbons (Fsp3) is 0.483. The monoisotopic (exact) mass is 668 g/mol. The van der Waals surface area contributed by atoms with Crippen molar-refractivity contribution in [2.75, 3.05) is 12.4 Å². The van der Waals surface area contributed by atoms with Gasteiger partial charge in [0.2, 0.25) is 5.91 Å². The molecule has 0 aliphatic heterocycles. The molecular weight excluding hydrogens is 637 g/mol. The lowest BCUT2D eigenvalue weighted by Crippen LogP contribution is -2.48. The second-order valence-electron chi connectivity index (χ2n) is 11.9. The molecule has 3 fully saturated rings. The van der Waals surface area contributed by atoms with Gasteiger partial charge in [-0.3, -0.25) is 14.4 Å². The molecule has 16 heteroatoms. The van der Waals surface area contributed by atoms with Crippen molar-refractivity contribution < 1.29 is 57.2 Å². The van der Waals surface area contributed by atoms with E-state index >= 15 is 0 Å². The van der Waals surface area contributed by atoms with Crippen molar-refractivity contribution in [3.8, 4) is 11.5 Å². The molecule has 0 heterocycles. The van der Waals surface area contributed by atoms with E-state index < -0.39 is 74.2 Å². The van der Waals surface area contributed by atoms with Crippen LogP contribution in [0.5, 0.6) is 11.5 Å². The summed E-state index contributed by atoms with van der Waals surface area (Å²) < 4.78 is 106. The lowest BCUT2D eigenvalue weighted by Gasteiger charge is -2.40. The third-order valence-electron chi connectivity index (χ3n) is 8.92. The molecule has 2 aromatic rings. The van der Waals surface area contributed by atoms with Crippen molar-refractivity contribution in [2.45, 2.75) is 62.0 Å². The molecule has 45 heavy (non-hydrogen) atoms. The predicted molar refractivity (Wildman–Crippen MR) is 149 cm³/mol. The van der Waals surface area contributed by atoms with Crippen LogP contribution in [0.2, 0.25) is 0 Å². The second kappa shape index (κ2) is 11.0. The van der Waals surface area contributed by atoms with E-state index in [4.69, 9.17) is 9.47 Å². The number of fused-ring (bicyclic) bond motifs is 2. The number of rotatable bonds is 9. The van der Waals surface area contributed by atoms with Crippen molar-refractivity contribution in [1.29, 1.82) is 0 Å². The molecule has 4 atom stereocenters. The average molecular weight is 669 g/mol. The van der Waals surface area contributed by atoms with Crippen molar-refractivity contribution in [3.63, 3.8) is 0 Å². The third-order valence-corrected chi connectivity index (χ3v) is 10.0. The van der Waals surface area contributed by atoms with E-state index in [-0.39, 0.29) is 41.0 Å². The highest BCUT2D eigenvalue weighted by Gasteiger charge is 2.65. The van der Waals surface area contributed by atoms with E-state index in [0.717, 1.165) is 12.1 Å². The molecule has 2 bridgehead atoms. The SMILES string of the molecule is COc1cc(F)c(OC2CCC(C(=O)O)CC2)cc1C(=O)N[C@@H]1[C@H]2CC[C@H](C2)[C@@H]1C(=O)Nc1cc(F)cc(S(F)(F)(F)(F)F)c1.